The Bertz CT molecular complexity index is 541. The van der Waals surface area contributed by atoms with E-state index in [1.54, 1.807) is 0 Å². The molecule has 0 aliphatic rings. The van der Waals surface area contributed by atoms with Gasteiger partial charge in [0.15, 0.2) is 8.46 Å². The molecule has 0 aromatic heterocycles. The van der Waals surface area contributed by atoms with E-state index in [1.807, 2.05) is 48.5 Å². The van der Waals surface area contributed by atoms with Gasteiger partial charge in [0, 0.05) is 23.5 Å². The zero-order valence-corrected chi connectivity index (χ0v) is 12.2. The highest BCUT2D eigenvalue weighted by molar-refractivity contribution is 7.23. The summed E-state index contributed by atoms with van der Waals surface area (Å²) < 4.78 is 10.6. The van der Waals surface area contributed by atoms with E-state index in [2.05, 4.69) is 0 Å². The Morgan fingerprint density at radius 3 is 1.85 bits per heavy atom. The number of nitrogen functional groups attached to an aromatic ring is 2. The molecule has 0 aliphatic heterocycles. The van der Waals surface area contributed by atoms with Crippen molar-refractivity contribution in [2.24, 2.45) is 0 Å². The first-order valence-electron chi connectivity index (χ1n) is 6.72. The van der Waals surface area contributed by atoms with Crippen LogP contribution in [0.25, 0.3) is 0 Å². The summed E-state index contributed by atoms with van der Waals surface area (Å²) in [6.45, 7) is 0. The maximum Gasteiger partial charge on any atom is 0.155 e. The van der Waals surface area contributed by atoms with Gasteiger partial charge in [-0.05, 0) is 36.1 Å². The number of para-hydroxylation sites is 2. The molecule has 2 aromatic carbocycles. The van der Waals surface area contributed by atoms with Crippen LogP contribution < -0.4 is 11.5 Å². The second-order valence-corrected chi connectivity index (χ2v) is 5.51. The molecule has 104 valence electrons. The smallest absolute Gasteiger partial charge is 0.155 e. The van der Waals surface area contributed by atoms with Gasteiger partial charge >= 0.3 is 0 Å². The van der Waals surface area contributed by atoms with Gasteiger partial charge in [-0.1, -0.05) is 36.4 Å². The summed E-state index contributed by atoms with van der Waals surface area (Å²) in [6, 6.07) is 15.7. The zero-order valence-electron chi connectivity index (χ0n) is 11.3. The molecule has 0 fully saturated rings. The molecule has 0 saturated heterocycles. The SMILES string of the molecule is Nc1ccccc1C(CCCP=O)c1ccccc1N. The summed E-state index contributed by atoms with van der Waals surface area (Å²) in [7, 11) is 0.192. The van der Waals surface area contributed by atoms with Crippen molar-refractivity contribution in [3.8, 4) is 0 Å². The Kier molecular flexibility index (Phi) is 5.14. The zero-order chi connectivity index (χ0) is 14.4. The van der Waals surface area contributed by atoms with Crippen molar-refractivity contribution in [1.29, 1.82) is 0 Å². The third-order valence-corrected chi connectivity index (χ3v) is 3.98. The van der Waals surface area contributed by atoms with Gasteiger partial charge in [-0.2, -0.15) is 0 Å². The van der Waals surface area contributed by atoms with Crippen molar-refractivity contribution in [3.63, 3.8) is 0 Å². The van der Waals surface area contributed by atoms with Gasteiger partial charge in [0.05, 0.1) is 0 Å². The van der Waals surface area contributed by atoms with Crippen molar-refractivity contribution < 1.29 is 4.57 Å². The van der Waals surface area contributed by atoms with Crippen LogP contribution in [0.15, 0.2) is 48.5 Å². The molecule has 0 bridgehead atoms. The van der Waals surface area contributed by atoms with E-state index in [9.17, 15) is 4.57 Å². The van der Waals surface area contributed by atoms with E-state index in [4.69, 9.17) is 11.5 Å². The van der Waals surface area contributed by atoms with Crippen LogP contribution in [0, 0.1) is 0 Å². The van der Waals surface area contributed by atoms with Gasteiger partial charge in [0.25, 0.3) is 0 Å². The molecule has 0 unspecified atom stereocenters. The number of benzene rings is 2. The van der Waals surface area contributed by atoms with Gasteiger partial charge in [0.2, 0.25) is 0 Å². The first-order valence-corrected chi connectivity index (χ1v) is 7.71. The van der Waals surface area contributed by atoms with Crippen LogP contribution >= 0.6 is 8.46 Å². The van der Waals surface area contributed by atoms with Gasteiger partial charge < -0.3 is 11.5 Å². The summed E-state index contributed by atoms with van der Waals surface area (Å²) in [4.78, 5) is 0. The first-order chi connectivity index (χ1) is 9.74. The molecule has 0 heterocycles. The van der Waals surface area contributed by atoms with Crippen molar-refractivity contribution in [2.75, 3.05) is 17.6 Å². The number of rotatable bonds is 6. The molecule has 0 saturated carbocycles. The Balaban J connectivity index is 2.37. The predicted octanol–water partition coefficient (Wildman–Crippen LogP) is 4.05. The lowest BCUT2D eigenvalue weighted by atomic mass is 9.86. The summed E-state index contributed by atoms with van der Waals surface area (Å²) in [5, 5.41) is 0. The largest absolute Gasteiger partial charge is 0.398 e. The quantitative estimate of drug-likeness (QED) is 0.478. The highest BCUT2D eigenvalue weighted by Gasteiger charge is 2.18. The highest BCUT2D eigenvalue weighted by atomic mass is 31.1. The molecular weight excluding hydrogens is 267 g/mol. The van der Waals surface area contributed by atoms with Gasteiger partial charge in [-0.15, -0.1) is 0 Å². The van der Waals surface area contributed by atoms with Crippen molar-refractivity contribution in [3.05, 3.63) is 59.7 Å². The molecule has 2 rings (SSSR count). The van der Waals surface area contributed by atoms with E-state index in [1.165, 1.54) is 0 Å². The minimum atomic E-state index is 0.152. The van der Waals surface area contributed by atoms with Crippen LogP contribution in [-0.2, 0) is 4.57 Å². The average molecular weight is 286 g/mol. The summed E-state index contributed by atoms with van der Waals surface area (Å²) in [6.07, 6.45) is 2.42. The van der Waals surface area contributed by atoms with E-state index in [-0.39, 0.29) is 14.4 Å². The van der Waals surface area contributed by atoms with Gasteiger partial charge in [-0.25, -0.2) is 0 Å². The second-order valence-electron chi connectivity index (χ2n) is 4.81. The summed E-state index contributed by atoms with van der Waals surface area (Å²) in [5.74, 6) is 0.152. The Hall–Kier alpha value is -1.86. The van der Waals surface area contributed by atoms with E-state index >= 15 is 0 Å². The van der Waals surface area contributed by atoms with Crippen LogP contribution in [0.4, 0.5) is 11.4 Å². The van der Waals surface area contributed by atoms with Crippen molar-refractivity contribution in [2.45, 2.75) is 18.8 Å². The van der Waals surface area contributed by atoms with Crippen LogP contribution in [0.1, 0.15) is 29.9 Å². The average Bonchev–Trinajstić information content (AvgIpc) is 2.46. The van der Waals surface area contributed by atoms with Crippen LogP contribution in [-0.4, -0.2) is 6.16 Å². The molecule has 2 aromatic rings. The predicted molar refractivity (Wildman–Crippen MR) is 85.3 cm³/mol. The molecule has 0 radical (unpaired) electrons. The topological polar surface area (TPSA) is 69.1 Å². The van der Waals surface area contributed by atoms with Crippen LogP contribution in [0.3, 0.4) is 0 Å². The minimum Gasteiger partial charge on any atom is -0.398 e. The number of nitrogens with two attached hydrogens (primary N) is 2. The van der Waals surface area contributed by atoms with E-state index in [0.29, 0.717) is 6.16 Å². The molecule has 20 heavy (non-hydrogen) atoms. The van der Waals surface area contributed by atoms with E-state index < -0.39 is 0 Å². The summed E-state index contributed by atoms with van der Waals surface area (Å²) in [5.41, 5.74) is 16.0. The first kappa shape index (κ1) is 14.5. The second kappa shape index (κ2) is 7.06. The Morgan fingerprint density at radius 1 is 0.900 bits per heavy atom. The molecule has 4 heteroatoms. The standard InChI is InChI=1S/C16H19N2OP/c17-15-9-3-1-6-13(15)12(8-5-11-20-19)14-7-2-4-10-16(14)18/h1-4,6-7,9-10,12H,5,8,11,17-18H2. The van der Waals surface area contributed by atoms with Gasteiger partial charge in [0.1, 0.15) is 0 Å². The number of hydrogen-bond donors (Lipinski definition) is 2. The van der Waals surface area contributed by atoms with E-state index in [0.717, 1.165) is 35.3 Å². The Labute approximate surface area is 121 Å². The highest BCUT2D eigenvalue weighted by Crippen LogP contribution is 2.35. The maximum atomic E-state index is 10.6. The molecule has 0 atom stereocenters. The maximum absolute atomic E-state index is 10.6. The fraction of sp³-hybridized carbons (Fsp3) is 0.250. The van der Waals surface area contributed by atoms with Crippen LogP contribution in [0.2, 0.25) is 0 Å². The third kappa shape index (κ3) is 3.37. The third-order valence-electron chi connectivity index (χ3n) is 3.49. The van der Waals surface area contributed by atoms with Gasteiger partial charge in [-0.3, -0.25) is 4.57 Å². The molecule has 3 nitrogen and oxygen atoms in total. The Morgan fingerprint density at radius 2 is 1.40 bits per heavy atom. The van der Waals surface area contributed by atoms with Crippen molar-refractivity contribution in [1.82, 2.24) is 0 Å². The van der Waals surface area contributed by atoms with Crippen LogP contribution in [0.5, 0.6) is 0 Å². The number of anilines is 2. The fourth-order valence-corrected chi connectivity index (χ4v) is 2.81. The van der Waals surface area contributed by atoms with Crippen molar-refractivity contribution >= 4 is 19.8 Å². The molecule has 0 spiro atoms. The molecule has 0 amide bonds. The number of hydrogen-bond acceptors (Lipinski definition) is 3. The lowest BCUT2D eigenvalue weighted by molar-refractivity contribution is 0.594. The monoisotopic (exact) mass is 286 g/mol. The normalized spacial score (nSPS) is 11.1. The lowest BCUT2D eigenvalue weighted by Crippen LogP contribution is -2.07. The molecule has 0 aliphatic carbocycles. The molecular formula is C16H19N2OP. The fourth-order valence-electron chi connectivity index (χ4n) is 2.49. The minimum absolute atomic E-state index is 0.152. The lowest BCUT2D eigenvalue weighted by Gasteiger charge is -2.21. The summed E-state index contributed by atoms with van der Waals surface area (Å²) >= 11 is 0. The molecule has 4 N–H and O–H groups in total.